The van der Waals surface area contributed by atoms with E-state index in [2.05, 4.69) is 34.6 Å². The van der Waals surface area contributed by atoms with E-state index in [9.17, 15) is 20.1 Å². The molecule has 7 fully saturated rings. The number of hydrogen-bond acceptors (Lipinski definition) is 7. The van der Waals surface area contributed by atoms with Crippen molar-refractivity contribution < 1.29 is 34.3 Å². The first-order valence-corrected chi connectivity index (χ1v) is 17.3. The van der Waals surface area contributed by atoms with Crippen LogP contribution in [-0.4, -0.2) is 88.7 Å². The van der Waals surface area contributed by atoms with Crippen LogP contribution in [0, 0.1) is 50.7 Å². The molecule has 43 heavy (non-hydrogen) atoms. The van der Waals surface area contributed by atoms with Crippen LogP contribution in [0.2, 0.25) is 0 Å². The molecule has 3 N–H and O–H groups in total. The second-order valence-corrected chi connectivity index (χ2v) is 17.6. The van der Waals surface area contributed by atoms with Crippen molar-refractivity contribution in [1.29, 1.82) is 0 Å². The van der Waals surface area contributed by atoms with Crippen LogP contribution in [0.3, 0.4) is 0 Å². The van der Waals surface area contributed by atoms with Crippen LogP contribution in [0.4, 0.5) is 4.79 Å². The van der Waals surface area contributed by atoms with Gasteiger partial charge in [-0.15, -0.1) is 0 Å². The minimum Gasteiger partial charge on any atom is -0.446 e. The van der Waals surface area contributed by atoms with Crippen molar-refractivity contribution in [2.45, 2.75) is 136 Å². The molecule has 0 radical (unpaired) electrons. The van der Waals surface area contributed by atoms with Gasteiger partial charge in [-0.25, -0.2) is 4.79 Å². The van der Waals surface area contributed by atoms with Crippen LogP contribution in [0.1, 0.15) is 99.8 Å². The van der Waals surface area contributed by atoms with Gasteiger partial charge in [-0.3, -0.25) is 0 Å². The largest absolute Gasteiger partial charge is 0.446 e. The summed E-state index contributed by atoms with van der Waals surface area (Å²) in [4.78, 5) is 14.9. The maximum atomic E-state index is 13.1. The summed E-state index contributed by atoms with van der Waals surface area (Å²) in [5.74, 6) is 1.45. The summed E-state index contributed by atoms with van der Waals surface area (Å²) in [6.45, 7) is 17.4. The molecule has 2 saturated heterocycles. The Morgan fingerprint density at radius 1 is 1.00 bits per heavy atom. The van der Waals surface area contributed by atoms with Crippen LogP contribution in [-0.2, 0) is 14.2 Å². The molecular weight excluding hydrogens is 546 g/mol. The minimum atomic E-state index is -1.26. The normalized spacial score (nSPS) is 52.6. The van der Waals surface area contributed by atoms with E-state index in [0.717, 1.165) is 32.1 Å². The molecule has 6 unspecified atom stereocenters. The van der Waals surface area contributed by atoms with Gasteiger partial charge < -0.3 is 34.4 Å². The molecule has 2 spiro atoms. The highest BCUT2D eigenvalue weighted by molar-refractivity contribution is 5.68. The van der Waals surface area contributed by atoms with Crippen molar-refractivity contribution in [2.24, 2.45) is 50.7 Å². The minimum absolute atomic E-state index is 0.0475. The van der Waals surface area contributed by atoms with Gasteiger partial charge in [-0.1, -0.05) is 34.6 Å². The number of aliphatic hydroxyl groups is 3. The second kappa shape index (κ2) is 9.56. The molecule has 0 aromatic rings. The Morgan fingerprint density at radius 2 is 1.65 bits per heavy atom. The highest BCUT2D eigenvalue weighted by Gasteiger charge is 2.84. The van der Waals surface area contributed by atoms with Gasteiger partial charge in [-0.05, 0) is 105 Å². The SMILES string of the molecule is CC1CC([C@H](O)C(C)(C)O)OC2C1[C@@]1(C)CC[C@@]34C[C@@]35CCC(OC(=O)N3CCOCC3)C(C)(C)[C@@H]5CCC4[C@]1(C)[C@H]2O. The van der Waals surface area contributed by atoms with Gasteiger partial charge in [0.15, 0.2) is 0 Å². The molecule has 1 amide bonds. The predicted octanol–water partition coefficient (Wildman–Crippen LogP) is 4.77. The molecule has 2 heterocycles. The maximum Gasteiger partial charge on any atom is 0.410 e. The molecule has 13 atom stereocenters. The number of hydrogen-bond donors (Lipinski definition) is 3. The van der Waals surface area contributed by atoms with Crippen molar-refractivity contribution in [3.05, 3.63) is 0 Å². The lowest BCUT2D eigenvalue weighted by atomic mass is 9.41. The maximum absolute atomic E-state index is 13.1. The average Bonchev–Trinajstić information content (AvgIpc) is 3.58. The van der Waals surface area contributed by atoms with Crippen LogP contribution >= 0.6 is 0 Å². The Labute approximate surface area is 258 Å². The Kier molecular flexibility index (Phi) is 6.82. The first-order valence-electron chi connectivity index (χ1n) is 17.3. The van der Waals surface area contributed by atoms with E-state index in [1.165, 1.54) is 12.8 Å². The zero-order chi connectivity index (χ0) is 31.0. The van der Waals surface area contributed by atoms with Gasteiger partial charge in [0.1, 0.15) is 12.2 Å². The molecule has 0 aromatic heterocycles. The van der Waals surface area contributed by atoms with Crippen LogP contribution in [0.15, 0.2) is 0 Å². The van der Waals surface area contributed by atoms with Gasteiger partial charge in [0.05, 0.1) is 37.1 Å². The average molecular weight is 604 g/mol. The molecule has 8 nitrogen and oxygen atoms in total. The number of fused-ring (bicyclic) bond motifs is 4. The fourth-order valence-corrected chi connectivity index (χ4v) is 13.1. The molecule has 8 heteroatoms. The van der Waals surface area contributed by atoms with E-state index in [0.29, 0.717) is 44.6 Å². The first kappa shape index (κ1) is 30.7. The van der Waals surface area contributed by atoms with E-state index in [-0.39, 0.29) is 57.2 Å². The lowest BCUT2D eigenvalue weighted by molar-refractivity contribution is -0.202. The predicted molar refractivity (Wildman–Crippen MR) is 161 cm³/mol. The summed E-state index contributed by atoms with van der Waals surface area (Å²) in [5, 5.41) is 33.9. The monoisotopic (exact) mass is 603 g/mol. The van der Waals surface area contributed by atoms with Crippen molar-refractivity contribution >= 4 is 6.09 Å². The van der Waals surface area contributed by atoms with Gasteiger partial charge in [0, 0.05) is 23.9 Å². The van der Waals surface area contributed by atoms with Crippen molar-refractivity contribution in [3.63, 3.8) is 0 Å². The molecule has 5 aliphatic carbocycles. The number of ether oxygens (including phenoxy) is 3. The number of carbonyl (C=O) groups is 1. The second-order valence-electron chi connectivity index (χ2n) is 17.6. The zero-order valence-corrected chi connectivity index (χ0v) is 27.6. The lowest BCUT2D eigenvalue weighted by Crippen LogP contribution is -2.60. The Morgan fingerprint density at radius 3 is 2.33 bits per heavy atom. The lowest BCUT2D eigenvalue weighted by Gasteiger charge is -2.63. The summed E-state index contributed by atoms with van der Waals surface area (Å²) in [5.41, 5.74) is -1.20. The van der Waals surface area contributed by atoms with E-state index in [1.807, 2.05) is 0 Å². The molecule has 0 aromatic carbocycles. The third kappa shape index (κ3) is 3.88. The van der Waals surface area contributed by atoms with Crippen molar-refractivity contribution in [3.8, 4) is 0 Å². The van der Waals surface area contributed by atoms with Crippen LogP contribution < -0.4 is 0 Å². The smallest absolute Gasteiger partial charge is 0.410 e. The summed E-state index contributed by atoms with van der Waals surface area (Å²) >= 11 is 0. The fraction of sp³-hybridized carbons (Fsp3) is 0.971. The van der Waals surface area contributed by atoms with Gasteiger partial charge in [0.25, 0.3) is 0 Å². The number of nitrogens with zero attached hydrogens (tertiary/aromatic N) is 1. The van der Waals surface area contributed by atoms with E-state index >= 15 is 0 Å². The molecule has 5 saturated carbocycles. The molecule has 244 valence electrons. The van der Waals surface area contributed by atoms with E-state index < -0.39 is 23.9 Å². The van der Waals surface area contributed by atoms with Gasteiger partial charge in [-0.2, -0.15) is 0 Å². The number of rotatable bonds is 3. The topological polar surface area (TPSA) is 109 Å². The Hall–Kier alpha value is -0.930. The van der Waals surface area contributed by atoms with Crippen LogP contribution in [0.5, 0.6) is 0 Å². The van der Waals surface area contributed by atoms with Crippen molar-refractivity contribution in [2.75, 3.05) is 26.3 Å². The summed E-state index contributed by atoms with van der Waals surface area (Å²) in [6.07, 6.45) is 5.77. The molecular formula is C35H57NO7. The Balaban J connectivity index is 1.14. The molecule has 7 rings (SSSR count). The van der Waals surface area contributed by atoms with Gasteiger partial charge in [0.2, 0.25) is 0 Å². The third-order valence-corrected chi connectivity index (χ3v) is 15.4. The highest BCUT2D eigenvalue weighted by atomic mass is 16.6. The summed E-state index contributed by atoms with van der Waals surface area (Å²) in [7, 11) is 0. The number of aliphatic hydroxyl groups excluding tert-OH is 2. The molecule has 2 aliphatic heterocycles. The third-order valence-electron chi connectivity index (χ3n) is 15.4. The summed E-state index contributed by atoms with van der Waals surface area (Å²) < 4.78 is 18.4. The van der Waals surface area contributed by atoms with Crippen molar-refractivity contribution in [1.82, 2.24) is 4.90 Å². The Bertz CT molecular complexity index is 1130. The van der Waals surface area contributed by atoms with Crippen LogP contribution in [0.25, 0.3) is 0 Å². The number of morpholine rings is 1. The quantitative estimate of drug-likeness (QED) is 0.427. The number of amides is 1. The van der Waals surface area contributed by atoms with E-state index in [4.69, 9.17) is 14.2 Å². The highest BCUT2D eigenvalue weighted by Crippen LogP contribution is 2.89. The molecule has 7 aliphatic rings. The number of carbonyl (C=O) groups excluding carboxylic acids is 1. The first-order chi connectivity index (χ1) is 20.0. The zero-order valence-electron chi connectivity index (χ0n) is 27.6. The van der Waals surface area contributed by atoms with E-state index in [1.54, 1.807) is 18.7 Å². The molecule has 0 bridgehead atoms. The standard InChI is InChI=1S/C35H57NO7/c1-20-18-21(27(37)31(4,5)40)42-26-25(20)32(6)12-13-35-19-34(35)11-10-24(43-29(39)36-14-16-41-17-15-36)30(2,3)22(34)8-9-23(35)33(32,7)28(26)38/h20-28,37-38,40H,8-19H2,1-7H3/t20?,21?,22-,23?,24?,25?,26?,27-,28-,32+,33+,34+,35-/m0/s1. The fourth-order valence-electron chi connectivity index (χ4n) is 13.1. The summed E-state index contributed by atoms with van der Waals surface area (Å²) in [6, 6.07) is 0. The van der Waals surface area contributed by atoms with Gasteiger partial charge >= 0.3 is 6.09 Å².